The molecule has 7 nitrogen and oxygen atoms in total. The topological polar surface area (TPSA) is 80.1 Å². The lowest BCUT2D eigenvalue weighted by molar-refractivity contribution is -0.131. The van der Waals surface area contributed by atoms with E-state index in [-0.39, 0.29) is 24.4 Å². The van der Waals surface area contributed by atoms with Gasteiger partial charge in [-0.05, 0) is 6.42 Å². The molecule has 0 saturated carbocycles. The minimum atomic E-state index is -0.196. The van der Waals surface area contributed by atoms with Gasteiger partial charge in [0.1, 0.15) is 5.69 Å². The molecule has 1 fully saturated rings. The predicted octanol–water partition coefficient (Wildman–Crippen LogP) is 0.855. The average molecular weight is 313 g/mol. The van der Waals surface area contributed by atoms with Crippen LogP contribution in [0.3, 0.4) is 0 Å². The highest BCUT2D eigenvalue weighted by atomic mass is 16.2. The van der Waals surface area contributed by atoms with Crippen molar-refractivity contribution < 1.29 is 9.59 Å². The second-order valence-electron chi connectivity index (χ2n) is 5.64. The number of nitrogens with zero attached hydrogens (tertiary/aromatic N) is 4. The van der Waals surface area contributed by atoms with Crippen molar-refractivity contribution in [3.05, 3.63) is 36.5 Å². The summed E-state index contributed by atoms with van der Waals surface area (Å²) in [6, 6.07) is 10.0. The van der Waals surface area contributed by atoms with Gasteiger partial charge in [-0.3, -0.25) is 9.59 Å². The first-order chi connectivity index (χ1) is 11.1. The summed E-state index contributed by atoms with van der Waals surface area (Å²) in [6.45, 7) is 2.72. The monoisotopic (exact) mass is 313 g/mol. The lowest BCUT2D eigenvalue weighted by Crippen LogP contribution is -2.38. The first-order valence-electron chi connectivity index (χ1n) is 7.63. The van der Waals surface area contributed by atoms with Gasteiger partial charge >= 0.3 is 0 Å². The van der Waals surface area contributed by atoms with Crippen molar-refractivity contribution in [3.63, 3.8) is 0 Å². The van der Waals surface area contributed by atoms with Crippen LogP contribution >= 0.6 is 0 Å². The van der Waals surface area contributed by atoms with Gasteiger partial charge in [-0.25, -0.2) is 4.68 Å². The third kappa shape index (κ3) is 3.56. The van der Waals surface area contributed by atoms with Gasteiger partial charge in [-0.15, -0.1) is 5.10 Å². The molecular formula is C16H19N5O2. The summed E-state index contributed by atoms with van der Waals surface area (Å²) in [4.78, 5) is 24.7. The number of rotatable bonds is 4. The lowest BCUT2D eigenvalue weighted by atomic mass is 10.2. The van der Waals surface area contributed by atoms with Crippen molar-refractivity contribution in [1.82, 2.24) is 25.2 Å². The summed E-state index contributed by atoms with van der Waals surface area (Å²) in [5.74, 6) is -0.260. The molecule has 1 aliphatic rings. The van der Waals surface area contributed by atoms with Crippen molar-refractivity contribution in [2.24, 2.45) is 0 Å². The van der Waals surface area contributed by atoms with E-state index in [1.165, 1.54) is 6.92 Å². The number of amides is 2. The van der Waals surface area contributed by atoms with Crippen LogP contribution in [0.1, 0.15) is 19.4 Å². The minimum Gasteiger partial charge on any atom is -0.347 e. The van der Waals surface area contributed by atoms with Crippen LogP contribution in [0.25, 0.3) is 11.3 Å². The Kier molecular flexibility index (Phi) is 4.36. The number of carbonyl (C=O) groups excluding carboxylic acids is 2. The third-order valence-corrected chi connectivity index (χ3v) is 3.96. The quantitative estimate of drug-likeness (QED) is 0.907. The first-order valence-corrected chi connectivity index (χ1v) is 7.63. The summed E-state index contributed by atoms with van der Waals surface area (Å²) >= 11 is 0. The summed E-state index contributed by atoms with van der Waals surface area (Å²) in [6.07, 6.45) is 2.76. The van der Waals surface area contributed by atoms with E-state index in [4.69, 9.17) is 0 Å². The van der Waals surface area contributed by atoms with E-state index in [1.54, 1.807) is 4.90 Å². The third-order valence-electron chi connectivity index (χ3n) is 3.96. The molecule has 1 aliphatic heterocycles. The summed E-state index contributed by atoms with van der Waals surface area (Å²) < 4.78 is 1.83. The van der Waals surface area contributed by atoms with Crippen LogP contribution < -0.4 is 5.32 Å². The highest BCUT2D eigenvalue weighted by Crippen LogP contribution is 2.23. The molecule has 1 saturated heterocycles. The van der Waals surface area contributed by atoms with E-state index in [9.17, 15) is 9.59 Å². The fourth-order valence-electron chi connectivity index (χ4n) is 2.69. The smallest absolute Gasteiger partial charge is 0.242 e. The van der Waals surface area contributed by atoms with Gasteiger partial charge in [-0.2, -0.15) is 0 Å². The summed E-state index contributed by atoms with van der Waals surface area (Å²) in [5, 5.41) is 11.0. The largest absolute Gasteiger partial charge is 0.347 e. The van der Waals surface area contributed by atoms with Crippen LogP contribution in [0.4, 0.5) is 0 Å². The average Bonchev–Trinajstić information content (AvgIpc) is 3.22. The van der Waals surface area contributed by atoms with Crippen molar-refractivity contribution in [1.29, 1.82) is 0 Å². The van der Waals surface area contributed by atoms with E-state index in [0.29, 0.717) is 13.1 Å². The van der Waals surface area contributed by atoms with E-state index < -0.39 is 0 Å². The molecule has 1 N–H and O–H groups in total. The van der Waals surface area contributed by atoms with Gasteiger partial charge in [0.2, 0.25) is 11.8 Å². The Labute approximate surface area is 134 Å². The Balaban J connectivity index is 1.62. The molecule has 1 aromatic carbocycles. The zero-order valence-corrected chi connectivity index (χ0v) is 13.0. The van der Waals surface area contributed by atoms with Crippen LogP contribution in [0, 0.1) is 0 Å². The molecule has 1 atom stereocenters. The van der Waals surface area contributed by atoms with Gasteiger partial charge in [0.05, 0.1) is 18.8 Å². The number of likely N-dealkylation sites (tertiary alicyclic amines) is 1. The Morgan fingerprint density at radius 3 is 2.83 bits per heavy atom. The number of hydrogen-bond acceptors (Lipinski definition) is 4. The molecule has 0 radical (unpaired) electrons. The number of aromatic nitrogens is 3. The van der Waals surface area contributed by atoms with Crippen molar-refractivity contribution in [2.45, 2.75) is 19.4 Å². The van der Waals surface area contributed by atoms with Gasteiger partial charge in [0, 0.05) is 25.6 Å². The molecule has 120 valence electrons. The fourth-order valence-corrected chi connectivity index (χ4v) is 2.69. The Bertz CT molecular complexity index is 698. The van der Waals surface area contributed by atoms with Gasteiger partial charge in [0.25, 0.3) is 0 Å². The molecule has 2 heterocycles. The predicted molar refractivity (Wildman–Crippen MR) is 84.4 cm³/mol. The Hall–Kier alpha value is -2.70. The van der Waals surface area contributed by atoms with E-state index in [2.05, 4.69) is 15.6 Å². The number of carbonyl (C=O) groups is 2. The van der Waals surface area contributed by atoms with Gasteiger partial charge in [-0.1, -0.05) is 35.5 Å². The maximum atomic E-state index is 12.0. The standard InChI is InChI=1S/C16H19N5O2/c1-12(22)17-9-16(23)20-8-7-14(10-20)21-11-15(18-19-21)13-5-3-2-4-6-13/h2-6,11,14H,7-10H2,1H3,(H,17,22)/t14-/m0/s1. The van der Waals surface area contributed by atoms with Crippen LogP contribution in [0.2, 0.25) is 0 Å². The molecule has 0 aliphatic carbocycles. The first kappa shape index (κ1) is 15.2. The van der Waals surface area contributed by atoms with E-state index in [1.807, 2.05) is 41.2 Å². The normalized spacial score (nSPS) is 17.3. The number of nitrogens with one attached hydrogen (secondary N) is 1. The van der Waals surface area contributed by atoms with Crippen molar-refractivity contribution in [2.75, 3.05) is 19.6 Å². The number of benzene rings is 1. The molecule has 0 spiro atoms. The second kappa shape index (κ2) is 6.60. The summed E-state index contributed by atoms with van der Waals surface area (Å²) in [5.41, 5.74) is 1.85. The molecule has 2 amide bonds. The van der Waals surface area contributed by atoms with Gasteiger partial charge in [0.15, 0.2) is 0 Å². The molecule has 3 rings (SSSR count). The van der Waals surface area contributed by atoms with Gasteiger partial charge < -0.3 is 10.2 Å². The Morgan fingerprint density at radius 2 is 2.09 bits per heavy atom. The van der Waals surface area contributed by atoms with E-state index in [0.717, 1.165) is 17.7 Å². The Morgan fingerprint density at radius 1 is 1.30 bits per heavy atom. The second-order valence-corrected chi connectivity index (χ2v) is 5.64. The molecule has 2 aromatic rings. The zero-order chi connectivity index (χ0) is 16.2. The molecule has 7 heteroatoms. The molecule has 0 unspecified atom stereocenters. The van der Waals surface area contributed by atoms with Crippen LogP contribution in [-0.4, -0.2) is 51.3 Å². The maximum Gasteiger partial charge on any atom is 0.242 e. The van der Waals surface area contributed by atoms with Crippen LogP contribution in [0.5, 0.6) is 0 Å². The highest BCUT2D eigenvalue weighted by molar-refractivity contribution is 5.83. The lowest BCUT2D eigenvalue weighted by Gasteiger charge is -2.16. The van der Waals surface area contributed by atoms with Crippen LogP contribution in [-0.2, 0) is 9.59 Å². The zero-order valence-electron chi connectivity index (χ0n) is 13.0. The van der Waals surface area contributed by atoms with Crippen molar-refractivity contribution >= 4 is 11.8 Å². The number of hydrogen-bond donors (Lipinski definition) is 1. The van der Waals surface area contributed by atoms with E-state index >= 15 is 0 Å². The SMILES string of the molecule is CC(=O)NCC(=O)N1CC[C@H](n2cc(-c3ccccc3)nn2)C1. The minimum absolute atomic E-state index is 0.0503. The van der Waals surface area contributed by atoms with Crippen LogP contribution in [0.15, 0.2) is 36.5 Å². The van der Waals surface area contributed by atoms with Crippen molar-refractivity contribution in [3.8, 4) is 11.3 Å². The molecular weight excluding hydrogens is 294 g/mol. The summed E-state index contributed by atoms with van der Waals surface area (Å²) in [7, 11) is 0. The fraction of sp³-hybridized carbons (Fsp3) is 0.375. The molecule has 23 heavy (non-hydrogen) atoms. The molecule has 1 aromatic heterocycles. The maximum absolute atomic E-state index is 12.0. The highest BCUT2D eigenvalue weighted by Gasteiger charge is 2.28. The molecule has 0 bridgehead atoms.